The van der Waals surface area contributed by atoms with Gasteiger partial charge in [-0.15, -0.1) is 0 Å². The van der Waals surface area contributed by atoms with Gasteiger partial charge in [-0.05, 0) is 6.42 Å². The third kappa shape index (κ3) is 0.223. The highest BCUT2D eigenvalue weighted by Crippen LogP contribution is 2.87. The summed E-state index contributed by atoms with van der Waals surface area (Å²) < 4.78 is 0. The summed E-state index contributed by atoms with van der Waals surface area (Å²) in [7, 11) is 0. The van der Waals surface area contributed by atoms with Crippen molar-refractivity contribution in [2.45, 2.75) is 6.42 Å². The molecule has 0 amide bonds. The van der Waals surface area contributed by atoms with Crippen LogP contribution in [-0.2, 0) is 0 Å². The lowest BCUT2D eigenvalue weighted by atomic mass is 9.92. The molecule has 0 aromatic carbocycles. The van der Waals surface area contributed by atoms with Crippen LogP contribution in [0.4, 0.5) is 0 Å². The predicted molar refractivity (Wildman–Crippen MR) is 29.8 cm³/mol. The summed E-state index contributed by atoms with van der Waals surface area (Å²) in [5.41, 5.74) is -1.46. The first-order valence-corrected chi connectivity index (χ1v) is 3.01. The van der Waals surface area contributed by atoms with E-state index in [9.17, 15) is 0 Å². The van der Waals surface area contributed by atoms with E-state index in [0.717, 1.165) is 6.42 Å². The zero-order valence-electron chi connectivity index (χ0n) is 5.13. The summed E-state index contributed by atoms with van der Waals surface area (Å²) in [5, 5.41) is 25.6. The van der Waals surface area contributed by atoms with Crippen LogP contribution in [0.5, 0.6) is 0 Å². The highest BCUT2D eigenvalue weighted by atomic mass is 14.9. The molecule has 3 nitrogen and oxygen atoms in total. The molecule has 2 aliphatic carbocycles. The van der Waals surface area contributed by atoms with Crippen LogP contribution in [0, 0.1) is 50.7 Å². The maximum absolute atomic E-state index is 8.55. The van der Waals surface area contributed by atoms with Crippen LogP contribution in [0.2, 0.25) is 0 Å². The first kappa shape index (κ1) is 5.27. The average molecular weight is 129 g/mol. The van der Waals surface area contributed by atoms with Crippen molar-refractivity contribution in [1.29, 1.82) is 15.8 Å². The molecule has 0 saturated heterocycles. The molecule has 0 spiro atoms. The molecule has 0 aliphatic heterocycles. The molecule has 2 rings (SSSR count). The van der Waals surface area contributed by atoms with E-state index in [4.69, 9.17) is 15.8 Å². The van der Waals surface area contributed by atoms with Gasteiger partial charge in [-0.2, -0.15) is 15.8 Å². The summed E-state index contributed by atoms with van der Waals surface area (Å²) in [6.45, 7) is 0. The number of rotatable bonds is 0. The molecule has 2 unspecified atom stereocenters. The highest BCUT2D eigenvalue weighted by Gasteiger charge is 2.92. The van der Waals surface area contributed by atoms with Crippen molar-refractivity contribution in [3.8, 4) is 18.2 Å². The Bertz CT molecular complexity index is 310. The molecular formula is C7H3N3. The summed E-state index contributed by atoms with van der Waals surface area (Å²) in [6, 6.07) is 5.86. The highest BCUT2D eigenvalue weighted by molar-refractivity contribution is 5.54. The Morgan fingerprint density at radius 1 is 1.10 bits per heavy atom. The van der Waals surface area contributed by atoms with Crippen LogP contribution < -0.4 is 0 Å². The Morgan fingerprint density at radius 3 is 1.80 bits per heavy atom. The van der Waals surface area contributed by atoms with Gasteiger partial charge in [-0.3, -0.25) is 0 Å². The van der Waals surface area contributed by atoms with E-state index < -0.39 is 10.8 Å². The fraction of sp³-hybridized carbons (Fsp3) is 0.571. The lowest BCUT2D eigenvalue weighted by molar-refractivity contribution is 0.560. The molecule has 0 bridgehead atoms. The molecule has 2 fully saturated rings. The van der Waals surface area contributed by atoms with Crippen LogP contribution >= 0.6 is 0 Å². The SMILES string of the molecule is N#CC1(C#N)C2CC21C#N. The molecule has 0 radical (unpaired) electrons. The Morgan fingerprint density at radius 2 is 1.70 bits per heavy atom. The quantitative estimate of drug-likeness (QED) is 0.479. The molecule has 0 heterocycles. The molecule has 0 N–H and O–H groups in total. The predicted octanol–water partition coefficient (Wildman–Crippen LogP) is 0.563. The molecule has 2 aliphatic rings. The maximum Gasteiger partial charge on any atom is 0.167 e. The van der Waals surface area contributed by atoms with E-state index in [2.05, 4.69) is 0 Å². The monoisotopic (exact) mass is 129 g/mol. The standard InChI is InChI=1S/C7H3N3/c8-2-6-1-5(6)7(6,3-9)4-10/h5H,1H2. The summed E-state index contributed by atoms with van der Waals surface area (Å²) in [6.07, 6.45) is 0.755. The number of fused-ring (bicyclic) bond motifs is 1. The molecule has 10 heavy (non-hydrogen) atoms. The smallest absolute Gasteiger partial charge is 0.167 e. The maximum atomic E-state index is 8.55. The number of nitrogens with zero attached hydrogens (tertiary/aromatic N) is 3. The normalized spacial score (nSPS) is 43.5. The van der Waals surface area contributed by atoms with Crippen molar-refractivity contribution in [3.05, 3.63) is 0 Å². The van der Waals surface area contributed by atoms with Crippen LogP contribution in [0.25, 0.3) is 0 Å². The lowest BCUT2D eigenvalue weighted by Gasteiger charge is -2.02. The van der Waals surface area contributed by atoms with E-state index in [0.29, 0.717) is 0 Å². The van der Waals surface area contributed by atoms with Gasteiger partial charge in [0.1, 0.15) is 0 Å². The molecule has 3 heteroatoms. The van der Waals surface area contributed by atoms with E-state index in [1.165, 1.54) is 0 Å². The molecular weight excluding hydrogens is 126 g/mol. The van der Waals surface area contributed by atoms with Gasteiger partial charge in [0.15, 0.2) is 5.41 Å². The topological polar surface area (TPSA) is 71.4 Å². The van der Waals surface area contributed by atoms with Crippen molar-refractivity contribution < 1.29 is 0 Å². The van der Waals surface area contributed by atoms with Gasteiger partial charge in [-0.1, -0.05) is 0 Å². The van der Waals surface area contributed by atoms with Crippen LogP contribution in [0.1, 0.15) is 6.42 Å². The number of nitriles is 3. The molecule has 0 aromatic rings. The van der Waals surface area contributed by atoms with Gasteiger partial charge < -0.3 is 0 Å². The Kier molecular flexibility index (Phi) is 0.540. The van der Waals surface area contributed by atoms with Gasteiger partial charge in [0.2, 0.25) is 0 Å². The Balaban J connectivity index is 2.40. The van der Waals surface area contributed by atoms with Crippen LogP contribution in [-0.4, -0.2) is 0 Å². The number of hydrogen-bond donors (Lipinski definition) is 0. The zero-order valence-corrected chi connectivity index (χ0v) is 5.13. The molecule has 2 saturated carbocycles. The summed E-state index contributed by atoms with van der Waals surface area (Å²) in [5.74, 6) is 0.0694. The van der Waals surface area contributed by atoms with Crippen molar-refractivity contribution in [2.24, 2.45) is 16.7 Å². The van der Waals surface area contributed by atoms with E-state index in [-0.39, 0.29) is 5.92 Å². The van der Waals surface area contributed by atoms with Gasteiger partial charge in [0.25, 0.3) is 0 Å². The second kappa shape index (κ2) is 1.02. The van der Waals surface area contributed by atoms with Gasteiger partial charge in [0, 0.05) is 5.92 Å². The number of hydrogen-bond acceptors (Lipinski definition) is 3. The summed E-state index contributed by atoms with van der Waals surface area (Å²) in [4.78, 5) is 0. The average Bonchev–Trinajstić information content (AvgIpc) is 2.76. The third-order valence-corrected chi connectivity index (χ3v) is 2.66. The van der Waals surface area contributed by atoms with Crippen molar-refractivity contribution in [2.75, 3.05) is 0 Å². The minimum Gasteiger partial charge on any atom is -0.198 e. The van der Waals surface area contributed by atoms with Crippen molar-refractivity contribution in [3.63, 3.8) is 0 Å². The Hall–Kier alpha value is -1.53. The first-order chi connectivity index (χ1) is 4.77. The van der Waals surface area contributed by atoms with Crippen LogP contribution in [0.3, 0.4) is 0 Å². The van der Waals surface area contributed by atoms with Gasteiger partial charge in [0.05, 0.1) is 23.6 Å². The molecule has 0 aromatic heterocycles. The fourth-order valence-corrected chi connectivity index (χ4v) is 1.66. The second-order valence-electron chi connectivity index (χ2n) is 2.87. The minimum atomic E-state index is -0.915. The third-order valence-electron chi connectivity index (χ3n) is 2.66. The zero-order chi connectivity index (χ0) is 7.41. The van der Waals surface area contributed by atoms with E-state index in [1.807, 2.05) is 18.2 Å². The van der Waals surface area contributed by atoms with Crippen LogP contribution in [0.15, 0.2) is 0 Å². The largest absolute Gasteiger partial charge is 0.198 e. The van der Waals surface area contributed by atoms with Gasteiger partial charge in [-0.25, -0.2) is 0 Å². The minimum absolute atomic E-state index is 0.0694. The lowest BCUT2D eigenvalue weighted by Crippen LogP contribution is -2.10. The van der Waals surface area contributed by atoms with Crippen molar-refractivity contribution >= 4 is 0 Å². The second-order valence-corrected chi connectivity index (χ2v) is 2.87. The molecule has 46 valence electrons. The fourth-order valence-electron chi connectivity index (χ4n) is 1.66. The van der Waals surface area contributed by atoms with Crippen molar-refractivity contribution in [1.82, 2.24) is 0 Å². The molecule has 2 atom stereocenters. The van der Waals surface area contributed by atoms with E-state index >= 15 is 0 Å². The first-order valence-electron chi connectivity index (χ1n) is 3.01. The van der Waals surface area contributed by atoms with E-state index in [1.54, 1.807) is 0 Å². The summed E-state index contributed by atoms with van der Waals surface area (Å²) >= 11 is 0. The van der Waals surface area contributed by atoms with Gasteiger partial charge >= 0.3 is 0 Å². The Labute approximate surface area is 58.1 Å².